The van der Waals surface area contributed by atoms with Crippen LogP contribution >= 0.6 is 0 Å². The molecule has 0 aliphatic carbocycles. The van der Waals surface area contributed by atoms with E-state index in [2.05, 4.69) is 5.32 Å². The number of amides is 1. The first-order valence-corrected chi connectivity index (χ1v) is 8.82. The van der Waals surface area contributed by atoms with Gasteiger partial charge in [-0.3, -0.25) is 9.59 Å². The molecule has 1 aliphatic rings. The largest absolute Gasteiger partial charge is 0.480 e. The highest BCUT2D eigenvalue weighted by molar-refractivity contribution is 6.43. The molecule has 148 valence electrons. The number of nitrogens with one attached hydrogen (secondary N) is 1. The first kappa shape index (κ1) is 20.7. The van der Waals surface area contributed by atoms with Crippen LogP contribution in [-0.4, -0.2) is 44.4 Å². The van der Waals surface area contributed by atoms with E-state index in [9.17, 15) is 19.2 Å². The minimum Gasteiger partial charge on any atom is -0.480 e. The van der Waals surface area contributed by atoms with Crippen molar-refractivity contribution in [3.63, 3.8) is 0 Å². The number of Topliss-reactive ketones (excluding diaryl/α,β-unsaturated/α-hetero) is 1. The molecule has 2 rings (SSSR count). The Bertz CT molecular complexity index is 826. The number of carboxylic acids is 1. The molecule has 27 heavy (non-hydrogen) atoms. The van der Waals surface area contributed by atoms with Gasteiger partial charge in [-0.2, -0.15) is 0 Å². The molecule has 2 N–H and O–H groups in total. The molecule has 0 unspecified atom stereocenters. The number of aliphatic carboxylic acids is 1. The van der Waals surface area contributed by atoms with Crippen LogP contribution in [0.3, 0.4) is 0 Å². The Hall–Kier alpha value is -2.64. The van der Waals surface area contributed by atoms with E-state index in [1.807, 2.05) is 0 Å². The number of rotatable bonds is 5. The van der Waals surface area contributed by atoms with Crippen molar-refractivity contribution in [2.75, 3.05) is 0 Å². The van der Waals surface area contributed by atoms with Crippen molar-refractivity contribution in [2.24, 2.45) is 0 Å². The number of hydrogen-bond acceptors (Lipinski definition) is 5. The lowest BCUT2D eigenvalue weighted by molar-refractivity contribution is -0.145. The summed E-state index contributed by atoms with van der Waals surface area (Å²) in [6.45, 7) is 9.96. The van der Waals surface area contributed by atoms with Gasteiger partial charge in [-0.15, -0.1) is 0 Å². The number of ether oxygens (including phenoxy) is 1. The van der Waals surface area contributed by atoms with Crippen LogP contribution in [0.5, 0.6) is 0 Å². The highest BCUT2D eigenvalue weighted by atomic mass is 16.6. The van der Waals surface area contributed by atoms with E-state index >= 15 is 0 Å². The van der Waals surface area contributed by atoms with Crippen LogP contribution in [0.1, 0.15) is 73.1 Å². The molecular formula is C19H26N2O6. The SMILES string of the molecule is Cc1c(C(=O)OC(C)(C)C)c2n(c1C(=O)C(=O)NC(C)(C)C(=O)O)CCC2. The molecule has 0 bridgehead atoms. The molecule has 1 amide bonds. The fraction of sp³-hybridized carbons (Fsp3) is 0.579. The van der Waals surface area contributed by atoms with Crippen molar-refractivity contribution < 1.29 is 29.0 Å². The minimum atomic E-state index is -1.59. The topological polar surface area (TPSA) is 115 Å². The first-order chi connectivity index (χ1) is 12.3. The molecule has 2 heterocycles. The molecule has 0 atom stereocenters. The number of carbonyl (C=O) groups excluding carboxylic acids is 3. The minimum absolute atomic E-state index is 0.113. The summed E-state index contributed by atoms with van der Waals surface area (Å²) in [5.41, 5.74) is -0.792. The van der Waals surface area contributed by atoms with Crippen molar-refractivity contribution >= 4 is 23.6 Å². The van der Waals surface area contributed by atoms with Gasteiger partial charge in [0.2, 0.25) is 0 Å². The van der Waals surface area contributed by atoms with E-state index in [-0.39, 0.29) is 5.69 Å². The van der Waals surface area contributed by atoms with Crippen molar-refractivity contribution in [3.05, 3.63) is 22.5 Å². The van der Waals surface area contributed by atoms with Crippen LogP contribution < -0.4 is 5.32 Å². The smallest absolute Gasteiger partial charge is 0.340 e. The molecule has 1 aromatic heterocycles. The zero-order valence-electron chi connectivity index (χ0n) is 16.6. The standard InChI is InChI=1S/C19H26N2O6/c1-10-12(16(24)27-18(2,3)4)11-8-7-9-21(11)13(10)14(22)15(23)20-19(5,6)17(25)26/h7-9H2,1-6H3,(H,20,23)(H,25,26). The molecule has 1 aliphatic heterocycles. The summed E-state index contributed by atoms with van der Waals surface area (Å²) in [5, 5.41) is 11.4. The van der Waals surface area contributed by atoms with Crippen LogP contribution in [0.15, 0.2) is 0 Å². The zero-order valence-corrected chi connectivity index (χ0v) is 16.6. The number of esters is 1. The van der Waals surface area contributed by atoms with Crippen molar-refractivity contribution in [3.8, 4) is 0 Å². The van der Waals surface area contributed by atoms with Gasteiger partial charge >= 0.3 is 11.9 Å². The van der Waals surface area contributed by atoms with E-state index in [1.165, 1.54) is 13.8 Å². The predicted molar refractivity (Wildman–Crippen MR) is 96.8 cm³/mol. The highest BCUT2D eigenvalue weighted by Gasteiger charge is 2.37. The summed E-state index contributed by atoms with van der Waals surface area (Å²) in [4.78, 5) is 49.0. The summed E-state index contributed by atoms with van der Waals surface area (Å²) in [6.07, 6.45) is 1.35. The van der Waals surface area contributed by atoms with Crippen molar-refractivity contribution in [2.45, 2.75) is 72.1 Å². The van der Waals surface area contributed by atoms with E-state index in [0.29, 0.717) is 29.8 Å². The molecule has 0 spiro atoms. The van der Waals surface area contributed by atoms with Gasteiger partial charge in [-0.05, 0) is 59.9 Å². The molecule has 1 aromatic rings. The third-order valence-corrected chi connectivity index (χ3v) is 4.39. The van der Waals surface area contributed by atoms with E-state index in [0.717, 1.165) is 6.42 Å². The Labute approximate surface area is 157 Å². The Balaban J connectivity index is 2.43. The average Bonchev–Trinajstić information content (AvgIpc) is 3.03. The molecular weight excluding hydrogens is 352 g/mol. The Kier molecular flexibility index (Phi) is 5.23. The van der Waals surface area contributed by atoms with Gasteiger partial charge in [0, 0.05) is 12.2 Å². The zero-order chi connectivity index (χ0) is 20.7. The quantitative estimate of drug-likeness (QED) is 0.459. The van der Waals surface area contributed by atoms with Gasteiger partial charge in [-0.1, -0.05) is 0 Å². The van der Waals surface area contributed by atoms with Crippen LogP contribution in [0.2, 0.25) is 0 Å². The molecule has 0 fully saturated rings. The number of hydrogen-bond donors (Lipinski definition) is 2. The number of aromatic nitrogens is 1. The van der Waals surface area contributed by atoms with Crippen LogP contribution in [0, 0.1) is 6.92 Å². The highest BCUT2D eigenvalue weighted by Crippen LogP contribution is 2.31. The van der Waals surface area contributed by atoms with E-state index in [4.69, 9.17) is 9.84 Å². The number of carboxylic acid groups (broad SMARTS) is 1. The maximum Gasteiger partial charge on any atom is 0.340 e. The molecule has 0 saturated heterocycles. The fourth-order valence-electron chi connectivity index (χ4n) is 3.11. The Morgan fingerprint density at radius 3 is 2.22 bits per heavy atom. The summed E-state index contributed by atoms with van der Waals surface area (Å²) in [7, 11) is 0. The van der Waals surface area contributed by atoms with Gasteiger partial charge in [0.25, 0.3) is 11.7 Å². The Morgan fingerprint density at radius 1 is 1.11 bits per heavy atom. The second-order valence-corrected chi connectivity index (χ2v) is 8.27. The van der Waals surface area contributed by atoms with Crippen LogP contribution in [-0.2, 0) is 27.3 Å². The lowest BCUT2D eigenvalue weighted by Gasteiger charge is -2.20. The number of nitrogens with zero attached hydrogens (tertiary/aromatic N) is 1. The maximum absolute atomic E-state index is 12.8. The lowest BCUT2D eigenvalue weighted by Crippen LogP contribution is -2.52. The second-order valence-electron chi connectivity index (χ2n) is 8.27. The molecule has 8 heteroatoms. The van der Waals surface area contributed by atoms with Crippen LogP contribution in [0.4, 0.5) is 0 Å². The predicted octanol–water partition coefficient (Wildman–Crippen LogP) is 1.86. The monoisotopic (exact) mass is 378 g/mol. The van der Waals surface area contributed by atoms with E-state index in [1.54, 1.807) is 32.3 Å². The normalized spacial score (nSPS) is 13.9. The van der Waals surface area contributed by atoms with Crippen molar-refractivity contribution in [1.82, 2.24) is 9.88 Å². The second kappa shape index (κ2) is 6.83. The summed E-state index contributed by atoms with van der Waals surface area (Å²) < 4.78 is 7.12. The van der Waals surface area contributed by atoms with Gasteiger partial charge in [0.15, 0.2) is 0 Å². The number of ketones is 1. The molecule has 0 saturated carbocycles. The summed E-state index contributed by atoms with van der Waals surface area (Å²) in [6, 6.07) is 0. The molecule has 0 aromatic carbocycles. The van der Waals surface area contributed by atoms with Gasteiger partial charge in [0.1, 0.15) is 11.1 Å². The third kappa shape index (κ3) is 4.04. The fourth-order valence-corrected chi connectivity index (χ4v) is 3.11. The molecule has 0 radical (unpaired) electrons. The van der Waals surface area contributed by atoms with Gasteiger partial charge in [-0.25, -0.2) is 9.59 Å². The summed E-state index contributed by atoms with van der Waals surface area (Å²) in [5.74, 6) is -3.67. The maximum atomic E-state index is 12.8. The molecule has 8 nitrogen and oxygen atoms in total. The number of fused-ring (bicyclic) bond motifs is 1. The van der Waals surface area contributed by atoms with E-state index < -0.39 is 34.8 Å². The number of carbonyl (C=O) groups is 4. The summed E-state index contributed by atoms with van der Waals surface area (Å²) >= 11 is 0. The Morgan fingerprint density at radius 2 is 1.70 bits per heavy atom. The van der Waals surface area contributed by atoms with Gasteiger partial charge in [0.05, 0.1) is 11.3 Å². The lowest BCUT2D eigenvalue weighted by atomic mass is 10.0. The third-order valence-electron chi connectivity index (χ3n) is 4.39. The van der Waals surface area contributed by atoms with Crippen molar-refractivity contribution in [1.29, 1.82) is 0 Å². The first-order valence-electron chi connectivity index (χ1n) is 8.82. The van der Waals surface area contributed by atoms with Gasteiger partial charge < -0.3 is 19.7 Å². The van der Waals surface area contributed by atoms with Crippen LogP contribution in [0.25, 0.3) is 0 Å². The average molecular weight is 378 g/mol.